The maximum absolute atomic E-state index is 12.5. The molecule has 0 fully saturated rings. The number of nitrogens with zero attached hydrogens (tertiary/aromatic N) is 2. The molecule has 0 bridgehead atoms. The number of fused-ring (bicyclic) bond motifs is 2. The Morgan fingerprint density at radius 3 is 2.74 bits per heavy atom. The first-order valence-corrected chi connectivity index (χ1v) is 11.0. The summed E-state index contributed by atoms with van der Waals surface area (Å²) in [6.07, 6.45) is 1.17. The molecule has 0 spiro atoms. The Balaban J connectivity index is 1.58. The molecule has 27 heavy (non-hydrogen) atoms. The van der Waals surface area contributed by atoms with E-state index in [1.165, 1.54) is 23.7 Å². The van der Waals surface area contributed by atoms with Crippen LogP contribution in [-0.4, -0.2) is 30.1 Å². The summed E-state index contributed by atoms with van der Waals surface area (Å²) in [6, 6.07) is 14.7. The van der Waals surface area contributed by atoms with Crippen LogP contribution in [0.4, 0.5) is 5.13 Å². The molecular formula is C19H17N3O3S2. The van der Waals surface area contributed by atoms with Crippen molar-refractivity contribution >= 4 is 53.3 Å². The number of carbonyl (C=O) groups excluding carboxylic acids is 1. The first-order valence-electron chi connectivity index (χ1n) is 8.27. The molecule has 0 saturated heterocycles. The quantitative estimate of drug-likeness (QED) is 0.568. The van der Waals surface area contributed by atoms with E-state index in [0.717, 1.165) is 21.3 Å². The second-order valence-electron chi connectivity index (χ2n) is 6.40. The van der Waals surface area contributed by atoms with Crippen LogP contribution in [0.3, 0.4) is 0 Å². The van der Waals surface area contributed by atoms with Crippen LogP contribution >= 0.6 is 11.3 Å². The minimum atomic E-state index is -3.28. The van der Waals surface area contributed by atoms with Gasteiger partial charge in [-0.2, -0.15) is 0 Å². The average molecular weight is 399 g/mol. The predicted octanol–water partition coefficient (Wildman–Crippen LogP) is 3.60. The lowest BCUT2D eigenvalue weighted by Gasteiger charge is -2.07. The molecule has 2 aromatic carbocycles. The van der Waals surface area contributed by atoms with Crippen molar-refractivity contribution in [3.05, 3.63) is 54.2 Å². The van der Waals surface area contributed by atoms with E-state index in [1.54, 1.807) is 12.1 Å². The van der Waals surface area contributed by atoms with Gasteiger partial charge in [-0.3, -0.25) is 4.79 Å². The van der Waals surface area contributed by atoms with Gasteiger partial charge in [-0.25, -0.2) is 13.4 Å². The number of hydrogen-bond donors (Lipinski definition) is 1. The molecule has 2 heterocycles. The van der Waals surface area contributed by atoms with Gasteiger partial charge in [0.15, 0.2) is 15.0 Å². The molecule has 4 rings (SSSR count). The molecule has 0 saturated carbocycles. The highest BCUT2D eigenvalue weighted by atomic mass is 32.2. The molecule has 0 aliphatic rings. The van der Waals surface area contributed by atoms with Crippen molar-refractivity contribution in [3.63, 3.8) is 0 Å². The Kier molecular flexibility index (Phi) is 4.24. The fourth-order valence-corrected chi connectivity index (χ4v) is 4.69. The zero-order valence-electron chi connectivity index (χ0n) is 14.8. The van der Waals surface area contributed by atoms with E-state index < -0.39 is 9.84 Å². The van der Waals surface area contributed by atoms with Gasteiger partial charge in [0.05, 0.1) is 15.1 Å². The fraction of sp³-hybridized carbons (Fsp3) is 0.158. The van der Waals surface area contributed by atoms with Crippen LogP contribution in [0.25, 0.3) is 21.1 Å². The monoisotopic (exact) mass is 399 g/mol. The highest BCUT2D eigenvalue weighted by molar-refractivity contribution is 7.90. The molecule has 0 radical (unpaired) electrons. The van der Waals surface area contributed by atoms with E-state index in [4.69, 9.17) is 0 Å². The second kappa shape index (κ2) is 6.47. The van der Waals surface area contributed by atoms with E-state index in [2.05, 4.69) is 10.3 Å². The lowest BCUT2D eigenvalue weighted by molar-refractivity contribution is -0.116. The van der Waals surface area contributed by atoms with Crippen molar-refractivity contribution in [2.75, 3.05) is 11.6 Å². The number of carbonyl (C=O) groups is 1. The van der Waals surface area contributed by atoms with E-state index in [9.17, 15) is 13.2 Å². The Hall–Kier alpha value is -2.71. The summed E-state index contributed by atoms with van der Waals surface area (Å²) in [6.45, 7) is 2.15. The number of aryl methyl sites for hydroxylation is 1. The molecule has 0 aliphatic carbocycles. The van der Waals surface area contributed by atoms with Crippen molar-refractivity contribution < 1.29 is 13.2 Å². The number of sulfone groups is 1. The van der Waals surface area contributed by atoms with E-state index in [-0.39, 0.29) is 17.3 Å². The number of aromatic nitrogens is 2. The summed E-state index contributed by atoms with van der Waals surface area (Å²) in [5, 5.41) is 4.37. The molecule has 0 aliphatic heterocycles. The van der Waals surface area contributed by atoms with Gasteiger partial charge in [-0.05, 0) is 42.6 Å². The number of thiazole rings is 1. The lowest BCUT2D eigenvalue weighted by Crippen LogP contribution is -2.19. The average Bonchev–Trinajstić information content (AvgIpc) is 3.14. The third kappa shape index (κ3) is 3.45. The maximum atomic E-state index is 12.5. The van der Waals surface area contributed by atoms with Crippen molar-refractivity contribution in [2.45, 2.75) is 18.4 Å². The van der Waals surface area contributed by atoms with Crippen molar-refractivity contribution in [1.82, 2.24) is 9.55 Å². The van der Waals surface area contributed by atoms with Gasteiger partial charge in [0.2, 0.25) is 5.91 Å². The van der Waals surface area contributed by atoms with Gasteiger partial charge >= 0.3 is 0 Å². The van der Waals surface area contributed by atoms with Crippen molar-refractivity contribution in [2.24, 2.45) is 0 Å². The SMILES string of the molecule is Cc1cc2ccccc2n1CC(=O)Nc1nc2ccc(S(C)(=O)=O)cc2s1. The Morgan fingerprint density at radius 2 is 1.96 bits per heavy atom. The fourth-order valence-electron chi connectivity index (χ4n) is 3.05. The normalized spacial score (nSPS) is 11.9. The maximum Gasteiger partial charge on any atom is 0.246 e. The summed E-state index contributed by atoms with van der Waals surface area (Å²) in [4.78, 5) is 17.1. The first kappa shape index (κ1) is 17.7. The predicted molar refractivity (Wildman–Crippen MR) is 108 cm³/mol. The molecule has 1 amide bonds. The molecule has 8 heteroatoms. The molecule has 6 nitrogen and oxygen atoms in total. The molecule has 1 N–H and O–H groups in total. The molecule has 0 atom stereocenters. The minimum Gasteiger partial charge on any atom is -0.335 e. The third-order valence-electron chi connectivity index (χ3n) is 4.35. The van der Waals surface area contributed by atoms with Crippen LogP contribution in [0.1, 0.15) is 5.69 Å². The number of hydrogen-bond acceptors (Lipinski definition) is 5. The minimum absolute atomic E-state index is 0.179. The first-order chi connectivity index (χ1) is 12.8. The molecular weight excluding hydrogens is 382 g/mol. The third-order valence-corrected chi connectivity index (χ3v) is 6.40. The van der Waals surface area contributed by atoms with Gasteiger partial charge in [0, 0.05) is 17.5 Å². The van der Waals surface area contributed by atoms with E-state index in [0.29, 0.717) is 10.6 Å². The summed E-state index contributed by atoms with van der Waals surface area (Å²) >= 11 is 1.26. The van der Waals surface area contributed by atoms with Crippen LogP contribution in [0.2, 0.25) is 0 Å². The number of para-hydroxylation sites is 1. The molecule has 4 aromatic rings. The Morgan fingerprint density at radius 1 is 1.19 bits per heavy atom. The van der Waals surface area contributed by atoms with Gasteiger partial charge in [0.1, 0.15) is 6.54 Å². The largest absolute Gasteiger partial charge is 0.335 e. The highest BCUT2D eigenvalue weighted by Crippen LogP contribution is 2.28. The van der Waals surface area contributed by atoms with Crippen LogP contribution in [-0.2, 0) is 21.2 Å². The second-order valence-corrected chi connectivity index (χ2v) is 9.45. The standard InChI is InChI=1S/C19H17N3O3S2/c1-12-9-13-5-3-4-6-16(13)22(12)11-18(23)21-19-20-15-8-7-14(27(2,24)25)10-17(15)26-19/h3-10H,11H2,1-2H3,(H,20,21,23). The van der Waals surface area contributed by atoms with E-state index >= 15 is 0 Å². The van der Waals surface area contributed by atoms with E-state index in [1.807, 2.05) is 41.8 Å². The van der Waals surface area contributed by atoms with Crippen LogP contribution < -0.4 is 5.32 Å². The number of anilines is 1. The van der Waals surface area contributed by atoms with Crippen molar-refractivity contribution in [1.29, 1.82) is 0 Å². The van der Waals surface area contributed by atoms with Crippen LogP contribution in [0, 0.1) is 6.92 Å². The Labute approximate surface area is 160 Å². The number of benzene rings is 2. The summed E-state index contributed by atoms with van der Waals surface area (Å²) in [5.74, 6) is -0.179. The summed E-state index contributed by atoms with van der Waals surface area (Å²) < 4.78 is 26.1. The molecule has 138 valence electrons. The molecule has 0 unspecified atom stereocenters. The van der Waals surface area contributed by atoms with Gasteiger partial charge < -0.3 is 9.88 Å². The van der Waals surface area contributed by atoms with Crippen molar-refractivity contribution in [3.8, 4) is 0 Å². The highest BCUT2D eigenvalue weighted by Gasteiger charge is 2.14. The smallest absolute Gasteiger partial charge is 0.246 e. The number of amides is 1. The molecule has 2 aromatic heterocycles. The lowest BCUT2D eigenvalue weighted by atomic mass is 10.2. The van der Waals surface area contributed by atoms with Crippen LogP contribution in [0.5, 0.6) is 0 Å². The number of nitrogens with one attached hydrogen (secondary N) is 1. The topological polar surface area (TPSA) is 81.1 Å². The zero-order chi connectivity index (χ0) is 19.2. The van der Waals surface area contributed by atoms with Gasteiger partial charge in [-0.15, -0.1) is 0 Å². The number of rotatable bonds is 4. The zero-order valence-corrected chi connectivity index (χ0v) is 16.4. The van der Waals surface area contributed by atoms with Gasteiger partial charge in [-0.1, -0.05) is 29.5 Å². The van der Waals surface area contributed by atoms with Crippen LogP contribution in [0.15, 0.2) is 53.4 Å². The summed E-state index contributed by atoms with van der Waals surface area (Å²) in [7, 11) is -3.28. The van der Waals surface area contributed by atoms with Gasteiger partial charge in [0.25, 0.3) is 0 Å². The summed E-state index contributed by atoms with van der Waals surface area (Å²) in [5.41, 5.74) is 2.67. The Bertz CT molecular complexity index is 1290.